The molecule has 4 heteroatoms. The van der Waals surface area contributed by atoms with E-state index in [0.29, 0.717) is 22.8 Å². The number of carbonyl (C=O) groups is 1. The molecule has 1 aromatic heterocycles. The first kappa shape index (κ1) is 12.5. The molecule has 1 heterocycles. The van der Waals surface area contributed by atoms with Crippen LogP contribution in [0.5, 0.6) is 0 Å². The van der Waals surface area contributed by atoms with Gasteiger partial charge in [-0.1, -0.05) is 11.6 Å². The maximum absolute atomic E-state index is 10.4. The number of aldehydes is 1. The summed E-state index contributed by atoms with van der Waals surface area (Å²) in [5, 5.41) is 7.68. The Labute approximate surface area is 98.3 Å². The molecule has 3 nitrogen and oxygen atoms in total. The highest BCUT2D eigenvalue weighted by atomic mass is 35.5. The zero-order chi connectivity index (χ0) is 12.0. The fourth-order valence-electron chi connectivity index (χ4n) is 1.19. The van der Waals surface area contributed by atoms with Crippen molar-refractivity contribution in [2.24, 2.45) is 0 Å². The molecule has 2 rings (SSSR count). The van der Waals surface area contributed by atoms with E-state index >= 15 is 0 Å². The van der Waals surface area contributed by atoms with Crippen LogP contribution in [0.15, 0.2) is 40.8 Å². The standard InChI is InChI=1S/C11H7ClO2.CH4O/c12-9-3-1-8(2-4-9)11-6-5-10(7-13)14-11;1-2/h1-7H;2H,1H3. The molecule has 16 heavy (non-hydrogen) atoms. The van der Waals surface area contributed by atoms with Crippen LogP contribution < -0.4 is 0 Å². The normalized spacial score (nSPS) is 9.19. The lowest BCUT2D eigenvalue weighted by Crippen LogP contribution is -1.73. The highest BCUT2D eigenvalue weighted by Gasteiger charge is 2.03. The van der Waals surface area contributed by atoms with Crippen molar-refractivity contribution in [2.45, 2.75) is 0 Å². The number of halogens is 1. The van der Waals surface area contributed by atoms with Crippen LogP contribution in [-0.4, -0.2) is 18.5 Å². The molecule has 0 fully saturated rings. The van der Waals surface area contributed by atoms with Crippen molar-refractivity contribution in [3.8, 4) is 11.3 Å². The Balaban J connectivity index is 0.000000606. The SMILES string of the molecule is CO.O=Cc1ccc(-c2ccc(Cl)cc2)o1. The van der Waals surface area contributed by atoms with Gasteiger partial charge in [-0.05, 0) is 36.4 Å². The van der Waals surface area contributed by atoms with E-state index in [1.165, 1.54) is 0 Å². The van der Waals surface area contributed by atoms with Crippen LogP contribution in [-0.2, 0) is 0 Å². The molecule has 0 radical (unpaired) electrons. The third kappa shape index (κ3) is 2.95. The largest absolute Gasteiger partial charge is 0.453 e. The Morgan fingerprint density at radius 1 is 1.12 bits per heavy atom. The van der Waals surface area contributed by atoms with Crippen LogP contribution in [0, 0.1) is 0 Å². The van der Waals surface area contributed by atoms with Crippen LogP contribution in [0.3, 0.4) is 0 Å². The van der Waals surface area contributed by atoms with Gasteiger partial charge in [-0.15, -0.1) is 0 Å². The van der Waals surface area contributed by atoms with Crippen molar-refractivity contribution in [3.05, 3.63) is 47.2 Å². The van der Waals surface area contributed by atoms with Gasteiger partial charge in [0.05, 0.1) is 0 Å². The van der Waals surface area contributed by atoms with E-state index in [2.05, 4.69) is 0 Å². The minimum absolute atomic E-state index is 0.329. The van der Waals surface area contributed by atoms with E-state index in [0.717, 1.165) is 12.7 Å². The minimum atomic E-state index is 0.329. The molecule has 0 saturated carbocycles. The molecule has 0 atom stereocenters. The number of furan rings is 1. The zero-order valence-corrected chi connectivity index (χ0v) is 9.44. The van der Waals surface area contributed by atoms with Crippen LogP contribution in [0.2, 0.25) is 5.02 Å². The topological polar surface area (TPSA) is 50.4 Å². The van der Waals surface area contributed by atoms with Gasteiger partial charge in [0, 0.05) is 17.7 Å². The maximum atomic E-state index is 10.4. The molecule has 1 N–H and O–H groups in total. The summed E-state index contributed by atoms with van der Waals surface area (Å²) < 4.78 is 5.25. The van der Waals surface area contributed by atoms with Gasteiger partial charge in [-0.25, -0.2) is 0 Å². The number of aliphatic hydroxyl groups excluding tert-OH is 1. The highest BCUT2D eigenvalue weighted by Crippen LogP contribution is 2.22. The maximum Gasteiger partial charge on any atom is 0.185 e. The molecule has 0 aliphatic heterocycles. The van der Waals surface area contributed by atoms with E-state index < -0.39 is 0 Å². The first-order valence-corrected chi connectivity index (χ1v) is 4.93. The Hall–Kier alpha value is -1.58. The van der Waals surface area contributed by atoms with Gasteiger partial charge < -0.3 is 9.52 Å². The lowest BCUT2D eigenvalue weighted by molar-refractivity contribution is 0.110. The average molecular weight is 239 g/mol. The summed E-state index contributed by atoms with van der Waals surface area (Å²) in [5.41, 5.74) is 0.905. The van der Waals surface area contributed by atoms with E-state index in [4.69, 9.17) is 21.1 Å². The summed E-state index contributed by atoms with van der Waals surface area (Å²) >= 11 is 5.74. The Bertz CT molecular complexity index is 446. The van der Waals surface area contributed by atoms with E-state index in [9.17, 15) is 4.79 Å². The number of hydrogen-bond acceptors (Lipinski definition) is 3. The van der Waals surface area contributed by atoms with Crippen molar-refractivity contribution in [1.29, 1.82) is 0 Å². The van der Waals surface area contributed by atoms with Gasteiger partial charge in [0.1, 0.15) is 5.76 Å². The second-order valence-corrected chi connectivity index (χ2v) is 3.26. The molecule has 84 valence electrons. The lowest BCUT2D eigenvalue weighted by atomic mass is 10.2. The summed E-state index contributed by atoms with van der Waals surface area (Å²) in [7, 11) is 1.00. The predicted molar refractivity (Wildman–Crippen MR) is 62.7 cm³/mol. The Kier molecular flexibility index (Phi) is 4.76. The predicted octanol–water partition coefficient (Wildman–Crippen LogP) is 3.02. The van der Waals surface area contributed by atoms with E-state index in [1.807, 2.05) is 12.1 Å². The number of rotatable bonds is 2. The molecule has 0 bridgehead atoms. The molecular weight excluding hydrogens is 228 g/mol. The number of hydrogen-bond donors (Lipinski definition) is 1. The van der Waals surface area contributed by atoms with Crippen molar-refractivity contribution in [3.63, 3.8) is 0 Å². The lowest BCUT2D eigenvalue weighted by Gasteiger charge is -1.95. The van der Waals surface area contributed by atoms with Crippen molar-refractivity contribution >= 4 is 17.9 Å². The average Bonchev–Trinajstić information content (AvgIpc) is 2.81. The molecule has 0 saturated heterocycles. The molecule has 0 aliphatic carbocycles. The van der Waals surface area contributed by atoms with Gasteiger partial charge in [0.25, 0.3) is 0 Å². The Morgan fingerprint density at radius 3 is 2.25 bits per heavy atom. The number of carbonyl (C=O) groups excluding carboxylic acids is 1. The van der Waals surface area contributed by atoms with Crippen LogP contribution >= 0.6 is 11.6 Å². The first-order chi connectivity index (χ1) is 7.79. The molecule has 2 aromatic rings. The van der Waals surface area contributed by atoms with Gasteiger partial charge in [-0.3, -0.25) is 4.79 Å². The quantitative estimate of drug-likeness (QED) is 0.819. The number of aliphatic hydroxyl groups is 1. The second-order valence-electron chi connectivity index (χ2n) is 2.83. The summed E-state index contributed by atoms with van der Waals surface area (Å²) in [4.78, 5) is 10.4. The number of benzene rings is 1. The van der Waals surface area contributed by atoms with Crippen LogP contribution in [0.25, 0.3) is 11.3 Å². The van der Waals surface area contributed by atoms with Crippen LogP contribution in [0.1, 0.15) is 10.6 Å². The molecule has 0 amide bonds. The molecule has 0 unspecified atom stereocenters. The third-order valence-corrected chi connectivity index (χ3v) is 2.12. The fraction of sp³-hybridized carbons (Fsp3) is 0.0833. The Morgan fingerprint density at radius 2 is 1.75 bits per heavy atom. The highest BCUT2D eigenvalue weighted by molar-refractivity contribution is 6.30. The summed E-state index contributed by atoms with van der Waals surface area (Å²) in [6.45, 7) is 0. The van der Waals surface area contributed by atoms with Gasteiger partial charge in [0.2, 0.25) is 0 Å². The first-order valence-electron chi connectivity index (χ1n) is 4.55. The van der Waals surface area contributed by atoms with E-state index in [1.54, 1.807) is 24.3 Å². The van der Waals surface area contributed by atoms with E-state index in [-0.39, 0.29) is 0 Å². The molecular formula is C12H11ClO3. The van der Waals surface area contributed by atoms with Gasteiger partial charge in [0.15, 0.2) is 12.0 Å². The summed E-state index contributed by atoms with van der Waals surface area (Å²) in [5.74, 6) is 0.999. The minimum Gasteiger partial charge on any atom is -0.453 e. The molecule has 0 spiro atoms. The van der Waals surface area contributed by atoms with Gasteiger partial charge >= 0.3 is 0 Å². The second kappa shape index (κ2) is 6.10. The monoisotopic (exact) mass is 238 g/mol. The van der Waals surface area contributed by atoms with Crippen LogP contribution in [0.4, 0.5) is 0 Å². The fourth-order valence-corrected chi connectivity index (χ4v) is 1.31. The third-order valence-electron chi connectivity index (χ3n) is 1.87. The molecule has 1 aromatic carbocycles. The summed E-state index contributed by atoms with van der Waals surface area (Å²) in [6.07, 6.45) is 0.680. The molecule has 0 aliphatic rings. The van der Waals surface area contributed by atoms with Crippen molar-refractivity contribution < 1.29 is 14.3 Å². The smallest absolute Gasteiger partial charge is 0.185 e. The van der Waals surface area contributed by atoms with Crippen molar-refractivity contribution in [2.75, 3.05) is 7.11 Å². The zero-order valence-electron chi connectivity index (χ0n) is 8.68. The van der Waals surface area contributed by atoms with Gasteiger partial charge in [-0.2, -0.15) is 0 Å². The summed E-state index contributed by atoms with van der Waals surface area (Å²) in [6, 6.07) is 10.6. The van der Waals surface area contributed by atoms with Crippen molar-refractivity contribution in [1.82, 2.24) is 0 Å².